The first-order valence-corrected chi connectivity index (χ1v) is 6.20. The molecule has 1 aromatic heterocycles. The summed E-state index contributed by atoms with van der Waals surface area (Å²) in [5.41, 5.74) is -0.348. The second kappa shape index (κ2) is 4.65. The molecule has 0 spiro atoms. The van der Waals surface area contributed by atoms with Gasteiger partial charge in [-0.25, -0.2) is 4.39 Å². The van der Waals surface area contributed by atoms with Crippen LogP contribution in [-0.4, -0.2) is 33.9 Å². The van der Waals surface area contributed by atoms with Gasteiger partial charge in [-0.3, -0.25) is 20.3 Å². The van der Waals surface area contributed by atoms with Crippen molar-refractivity contribution in [1.82, 2.24) is 9.47 Å². The number of rotatable bonds is 2. The standard InChI is InChI=1S/C13H19FN4/c1-13(2,17-7-3-4-8-17)12(16)18-9-10(14)5-6-11(18)15/h5-6,9,15-16H,3-4,7-8H2,1-2H3. The average molecular weight is 250 g/mol. The Labute approximate surface area is 106 Å². The Kier molecular flexibility index (Phi) is 3.34. The number of nitrogens with zero attached hydrogens (tertiary/aromatic N) is 2. The number of nitrogens with one attached hydrogen (secondary N) is 2. The fraction of sp³-hybridized carbons (Fsp3) is 0.538. The molecule has 0 radical (unpaired) electrons. The van der Waals surface area contributed by atoms with Gasteiger partial charge in [0.25, 0.3) is 0 Å². The van der Waals surface area contributed by atoms with Crippen LogP contribution in [0.25, 0.3) is 0 Å². The highest BCUT2D eigenvalue weighted by Gasteiger charge is 2.34. The van der Waals surface area contributed by atoms with Crippen LogP contribution in [0, 0.1) is 16.6 Å². The van der Waals surface area contributed by atoms with Gasteiger partial charge in [0.05, 0.1) is 5.54 Å². The summed E-state index contributed by atoms with van der Waals surface area (Å²) < 4.78 is 14.6. The lowest BCUT2D eigenvalue weighted by Crippen LogP contribution is -2.52. The van der Waals surface area contributed by atoms with Gasteiger partial charge in [-0.05, 0) is 51.9 Å². The Morgan fingerprint density at radius 3 is 2.50 bits per heavy atom. The molecule has 1 fully saturated rings. The summed E-state index contributed by atoms with van der Waals surface area (Å²) in [4.78, 5) is 2.21. The van der Waals surface area contributed by atoms with Gasteiger partial charge in [0.15, 0.2) is 0 Å². The van der Waals surface area contributed by atoms with Crippen LogP contribution in [0.5, 0.6) is 0 Å². The minimum absolute atomic E-state index is 0.133. The lowest BCUT2D eigenvalue weighted by Gasteiger charge is -2.36. The first-order valence-electron chi connectivity index (χ1n) is 6.20. The molecule has 4 nitrogen and oxygen atoms in total. The summed E-state index contributed by atoms with van der Waals surface area (Å²) in [5.74, 6) is -0.179. The van der Waals surface area contributed by atoms with Gasteiger partial charge in [0, 0.05) is 6.20 Å². The maximum absolute atomic E-state index is 13.3. The Hall–Kier alpha value is -1.49. The summed E-state index contributed by atoms with van der Waals surface area (Å²) in [6.45, 7) is 5.83. The van der Waals surface area contributed by atoms with Crippen LogP contribution in [0.15, 0.2) is 18.3 Å². The van der Waals surface area contributed by atoms with E-state index in [4.69, 9.17) is 10.8 Å². The van der Waals surface area contributed by atoms with E-state index in [2.05, 4.69) is 4.90 Å². The fourth-order valence-electron chi connectivity index (χ4n) is 2.38. The molecule has 0 aromatic carbocycles. The molecule has 0 bridgehead atoms. The van der Waals surface area contributed by atoms with E-state index in [0.29, 0.717) is 0 Å². The molecule has 2 N–H and O–H groups in total. The van der Waals surface area contributed by atoms with E-state index >= 15 is 0 Å². The van der Waals surface area contributed by atoms with Gasteiger partial charge in [0.2, 0.25) is 0 Å². The van der Waals surface area contributed by atoms with Crippen molar-refractivity contribution in [3.05, 3.63) is 29.6 Å². The molecule has 0 unspecified atom stereocenters. The maximum atomic E-state index is 13.3. The van der Waals surface area contributed by atoms with Crippen LogP contribution >= 0.6 is 0 Å². The second-order valence-electron chi connectivity index (χ2n) is 5.20. The zero-order chi connectivity index (χ0) is 13.3. The Balaban J connectivity index is 2.35. The van der Waals surface area contributed by atoms with Crippen LogP contribution < -0.4 is 5.49 Å². The van der Waals surface area contributed by atoms with Crippen LogP contribution in [0.4, 0.5) is 4.39 Å². The third kappa shape index (κ3) is 2.22. The Morgan fingerprint density at radius 1 is 1.28 bits per heavy atom. The van der Waals surface area contributed by atoms with Gasteiger partial charge < -0.3 is 0 Å². The third-order valence-corrected chi connectivity index (χ3v) is 3.63. The zero-order valence-corrected chi connectivity index (χ0v) is 10.8. The molecule has 2 rings (SSSR count). The lowest BCUT2D eigenvalue weighted by molar-refractivity contribution is 0.217. The first-order chi connectivity index (χ1) is 8.43. The van der Waals surface area contributed by atoms with Crippen molar-refractivity contribution in [2.24, 2.45) is 0 Å². The fourth-order valence-corrected chi connectivity index (χ4v) is 2.38. The molecule has 0 aliphatic carbocycles. The van der Waals surface area contributed by atoms with Gasteiger partial charge in [-0.1, -0.05) is 0 Å². The second-order valence-corrected chi connectivity index (χ2v) is 5.20. The molecule has 1 aliphatic rings. The summed E-state index contributed by atoms with van der Waals surface area (Å²) >= 11 is 0. The molecule has 18 heavy (non-hydrogen) atoms. The molecule has 2 heterocycles. The van der Waals surface area contributed by atoms with Gasteiger partial charge in [0.1, 0.15) is 17.1 Å². The summed E-state index contributed by atoms with van der Waals surface area (Å²) in [6.07, 6.45) is 3.49. The van der Waals surface area contributed by atoms with Crippen LogP contribution in [0.2, 0.25) is 0 Å². The molecular weight excluding hydrogens is 231 g/mol. The topological polar surface area (TPSA) is 55.9 Å². The summed E-state index contributed by atoms with van der Waals surface area (Å²) in [7, 11) is 0. The van der Waals surface area contributed by atoms with E-state index < -0.39 is 11.4 Å². The number of likely N-dealkylation sites (tertiary alicyclic amines) is 1. The minimum atomic E-state index is -0.481. The van der Waals surface area contributed by atoms with Crippen molar-refractivity contribution in [2.75, 3.05) is 13.1 Å². The lowest BCUT2D eigenvalue weighted by atomic mass is 10.0. The van der Waals surface area contributed by atoms with E-state index in [0.717, 1.165) is 25.9 Å². The van der Waals surface area contributed by atoms with E-state index in [9.17, 15) is 4.39 Å². The van der Waals surface area contributed by atoms with Gasteiger partial charge in [-0.15, -0.1) is 0 Å². The van der Waals surface area contributed by atoms with Gasteiger partial charge in [-0.2, -0.15) is 0 Å². The maximum Gasteiger partial charge on any atom is 0.140 e. The summed E-state index contributed by atoms with van der Waals surface area (Å²) in [6, 6.07) is 2.62. The predicted octanol–water partition coefficient (Wildman–Crippen LogP) is 1.81. The molecule has 0 saturated carbocycles. The molecule has 1 aliphatic heterocycles. The van der Waals surface area contributed by atoms with Crippen molar-refractivity contribution in [3.63, 3.8) is 0 Å². The molecule has 5 heteroatoms. The van der Waals surface area contributed by atoms with Crippen molar-refractivity contribution >= 4 is 5.84 Å². The summed E-state index contributed by atoms with van der Waals surface area (Å²) in [5, 5.41) is 16.1. The third-order valence-electron chi connectivity index (χ3n) is 3.63. The molecular formula is C13H19FN4. The average Bonchev–Trinajstić information content (AvgIpc) is 2.85. The highest BCUT2D eigenvalue weighted by Crippen LogP contribution is 2.22. The van der Waals surface area contributed by atoms with E-state index in [1.165, 1.54) is 22.9 Å². The van der Waals surface area contributed by atoms with E-state index in [-0.39, 0.29) is 11.3 Å². The SMILES string of the molecule is CC(C)(C(=N)n1cc(F)ccc1=N)N1CCCC1. The van der Waals surface area contributed by atoms with Crippen LogP contribution in [0.1, 0.15) is 26.7 Å². The molecule has 1 saturated heterocycles. The molecule has 98 valence electrons. The Morgan fingerprint density at radius 2 is 1.89 bits per heavy atom. The Bertz CT molecular complexity index is 512. The zero-order valence-electron chi connectivity index (χ0n) is 10.8. The van der Waals surface area contributed by atoms with Crippen molar-refractivity contribution in [2.45, 2.75) is 32.2 Å². The molecule has 0 atom stereocenters. The molecule has 0 amide bonds. The van der Waals surface area contributed by atoms with Crippen molar-refractivity contribution < 1.29 is 4.39 Å². The number of pyridine rings is 1. The van der Waals surface area contributed by atoms with Crippen LogP contribution in [0.3, 0.4) is 0 Å². The monoisotopic (exact) mass is 250 g/mol. The predicted molar refractivity (Wildman–Crippen MR) is 68.3 cm³/mol. The number of hydrogen-bond acceptors (Lipinski definition) is 3. The molecule has 1 aromatic rings. The normalized spacial score (nSPS) is 17.1. The number of aromatic nitrogens is 1. The first kappa shape index (κ1) is 13.0. The smallest absolute Gasteiger partial charge is 0.140 e. The number of hydrogen-bond donors (Lipinski definition) is 2. The van der Waals surface area contributed by atoms with Crippen molar-refractivity contribution in [1.29, 1.82) is 10.8 Å². The van der Waals surface area contributed by atoms with E-state index in [1.54, 1.807) is 0 Å². The minimum Gasteiger partial charge on any atom is -0.291 e. The highest BCUT2D eigenvalue weighted by molar-refractivity contribution is 5.89. The van der Waals surface area contributed by atoms with Crippen LogP contribution in [-0.2, 0) is 0 Å². The van der Waals surface area contributed by atoms with Crippen molar-refractivity contribution in [3.8, 4) is 0 Å². The van der Waals surface area contributed by atoms with E-state index in [1.807, 2.05) is 13.8 Å². The number of halogens is 1. The van der Waals surface area contributed by atoms with Gasteiger partial charge >= 0.3 is 0 Å². The largest absolute Gasteiger partial charge is 0.291 e. The quantitative estimate of drug-likeness (QED) is 0.610. The highest BCUT2D eigenvalue weighted by atomic mass is 19.1.